The molecule has 0 bridgehead atoms. The topological polar surface area (TPSA) is 102 Å². The van der Waals surface area contributed by atoms with Crippen molar-refractivity contribution in [3.05, 3.63) is 96.0 Å². The molecule has 0 saturated heterocycles. The molecule has 0 unspecified atom stereocenters. The Labute approximate surface area is 189 Å². The summed E-state index contributed by atoms with van der Waals surface area (Å²) in [6.45, 7) is 0.321. The van der Waals surface area contributed by atoms with Crippen LogP contribution in [0.15, 0.2) is 82.8 Å². The maximum Gasteiger partial charge on any atom is 0.291 e. The largest absolute Gasteiger partial charge is 0.455 e. The van der Waals surface area contributed by atoms with Gasteiger partial charge in [0.05, 0.1) is 18.0 Å². The molecule has 3 heterocycles. The van der Waals surface area contributed by atoms with Crippen molar-refractivity contribution in [1.82, 2.24) is 19.9 Å². The second-order valence-electron chi connectivity index (χ2n) is 6.91. The first kappa shape index (κ1) is 21.4. The monoisotopic (exact) mass is 447 g/mol. The van der Waals surface area contributed by atoms with Crippen molar-refractivity contribution >= 4 is 29.3 Å². The predicted molar refractivity (Wildman–Crippen MR) is 121 cm³/mol. The standard InChI is InChI=1S/C23H21N5O3S/c1-28-12-11-25-23(28)32-15-19-8-9-20(31-19)22(30)27-17-7-4-5-16(13-17)21(29)26-14-18-6-2-3-10-24-18/h2-13H,14-15H2,1H3,(H,26,29)(H,27,30). The van der Waals surface area contributed by atoms with E-state index in [2.05, 4.69) is 20.6 Å². The normalized spacial score (nSPS) is 10.7. The lowest BCUT2D eigenvalue weighted by molar-refractivity contribution is 0.0948. The molecule has 32 heavy (non-hydrogen) atoms. The first-order chi connectivity index (χ1) is 15.6. The highest BCUT2D eigenvalue weighted by molar-refractivity contribution is 7.98. The number of furan rings is 1. The van der Waals surface area contributed by atoms with Crippen LogP contribution in [0.25, 0.3) is 0 Å². The quantitative estimate of drug-likeness (QED) is 0.398. The van der Waals surface area contributed by atoms with E-state index in [0.29, 0.717) is 29.3 Å². The van der Waals surface area contributed by atoms with Crippen LogP contribution in [0.1, 0.15) is 32.4 Å². The molecule has 0 saturated carbocycles. The number of rotatable bonds is 8. The Morgan fingerprint density at radius 1 is 1.03 bits per heavy atom. The van der Waals surface area contributed by atoms with Gasteiger partial charge in [-0.05, 0) is 42.5 Å². The number of amides is 2. The molecule has 8 nitrogen and oxygen atoms in total. The lowest BCUT2D eigenvalue weighted by Gasteiger charge is -2.07. The van der Waals surface area contributed by atoms with Crippen molar-refractivity contribution in [2.24, 2.45) is 7.05 Å². The Bertz CT molecular complexity index is 1220. The minimum Gasteiger partial charge on any atom is -0.455 e. The first-order valence-corrected chi connectivity index (χ1v) is 10.9. The molecule has 0 atom stereocenters. The third-order valence-electron chi connectivity index (χ3n) is 4.54. The van der Waals surface area contributed by atoms with E-state index in [1.807, 2.05) is 36.0 Å². The van der Waals surface area contributed by atoms with E-state index in [4.69, 9.17) is 4.42 Å². The molecule has 0 spiro atoms. The Balaban J connectivity index is 1.34. The Kier molecular flexibility index (Phi) is 6.66. The minimum absolute atomic E-state index is 0.199. The molecule has 2 amide bonds. The maximum absolute atomic E-state index is 12.6. The number of hydrogen-bond acceptors (Lipinski definition) is 6. The second kappa shape index (κ2) is 9.97. The number of carbonyl (C=O) groups is 2. The van der Waals surface area contributed by atoms with Crippen LogP contribution in [0.5, 0.6) is 0 Å². The Hall–Kier alpha value is -3.85. The van der Waals surface area contributed by atoms with Crippen LogP contribution in [-0.4, -0.2) is 26.3 Å². The third kappa shape index (κ3) is 5.44. The van der Waals surface area contributed by atoms with Gasteiger partial charge >= 0.3 is 0 Å². The fourth-order valence-electron chi connectivity index (χ4n) is 2.91. The second-order valence-corrected chi connectivity index (χ2v) is 7.86. The van der Waals surface area contributed by atoms with E-state index in [9.17, 15) is 9.59 Å². The summed E-state index contributed by atoms with van der Waals surface area (Å²) in [4.78, 5) is 33.4. The average molecular weight is 448 g/mol. The van der Waals surface area contributed by atoms with Gasteiger partial charge in [-0.2, -0.15) is 0 Å². The van der Waals surface area contributed by atoms with Crippen LogP contribution in [0, 0.1) is 0 Å². The molecular weight excluding hydrogens is 426 g/mol. The zero-order valence-corrected chi connectivity index (χ0v) is 18.1. The lowest BCUT2D eigenvalue weighted by Crippen LogP contribution is -2.23. The molecule has 4 rings (SSSR count). The zero-order chi connectivity index (χ0) is 22.3. The zero-order valence-electron chi connectivity index (χ0n) is 17.3. The molecule has 1 aromatic carbocycles. The van der Waals surface area contributed by atoms with Gasteiger partial charge < -0.3 is 19.6 Å². The van der Waals surface area contributed by atoms with Crippen LogP contribution in [0.4, 0.5) is 5.69 Å². The fourth-order valence-corrected chi connectivity index (χ4v) is 3.74. The van der Waals surface area contributed by atoms with Crippen molar-refractivity contribution in [2.75, 3.05) is 5.32 Å². The molecule has 0 radical (unpaired) electrons. The highest BCUT2D eigenvalue weighted by Gasteiger charge is 2.14. The van der Waals surface area contributed by atoms with Gasteiger partial charge in [0.25, 0.3) is 11.8 Å². The Morgan fingerprint density at radius 3 is 2.72 bits per heavy atom. The number of hydrogen-bond donors (Lipinski definition) is 2. The van der Waals surface area contributed by atoms with E-state index in [0.717, 1.165) is 10.9 Å². The van der Waals surface area contributed by atoms with Gasteiger partial charge in [-0.1, -0.05) is 23.9 Å². The summed E-state index contributed by atoms with van der Waals surface area (Å²) in [6, 6.07) is 15.6. The summed E-state index contributed by atoms with van der Waals surface area (Å²) >= 11 is 1.52. The average Bonchev–Trinajstić information content (AvgIpc) is 3.46. The molecule has 0 aliphatic rings. The van der Waals surface area contributed by atoms with Crippen molar-refractivity contribution < 1.29 is 14.0 Å². The lowest BCUT2D eigenvalue weighted by atomic mass is 10.2. The number of nitrogens with one attached hydrogen (secondary N) is 2. The molecule has 162 valence electrons. The number of nitrogens with zero attached hydrogens (tertiary/aromatic N) is 3. The number of benzene rings is 1. The summed E-state index contributed by atoms with van der Waals surface area (Å²) in [5.74, 6) is 0.795. The van der Waals surface area contributed by atoms with Crippen molar-refractivity contribution in [3.8, 4) is 0 Å². The van der Waals surface area contributed by atoms with Gasteiger partial charge in [0.2, 0.25) is 0 Å². The number of aromatic nitrogens is 3. The maximum atomic E-state index is 12.6. The van der Waals surface area contributed by atoms with Crippen LogP contribution in [-0.2, 0) is 19.3 Å². The highest BCUT2D eigenvalue weighted by atomic mass is 32.2. The molecular formula is C23H21N5O3S. The Morgan fingerprint density at radius 2 is 1.94 bits per heavy atom. The van der Waals surface area contributed by atoms with Gasteiger partial charge in [-0.3, -0.25) is 14.6 Å². The van der Waals surface area contributed by atoms with Crippen molar-refractivity contribution in [2.45, 2.75) is 17.5 Å². The van der Waals surface area contributed by atoms with Gasteiger partial charge in [0, 0.05) is 36.9 Å². The summed E-state index contributed by atoms with van der Waals surface area (Å²) in [6.07, 6.45) is 5.28. The third-order valence-corrected chi connectivity index (χ3v) is 5.63. The molecule has 9 heteroatoms. The van der Waals surface area contributed by atoms with Crippen molar-refractivity contribution in [1.29, 1.82) is 0 Å². The summed E-state index contributed by atoms with van der Waals surface area (Å²) in [7, 11) is 1.92. The fraction of sp³-hybridized carbons (Fsp3) is 0.130. The number of anilines is 1. The summed E-state index contributed by atoms with van der Waals surface area (Å²) < 4.78 is 7.58. The van der Waals surface area contributed by atoms with Gasteiger partial charge in [-0.25, -0.2) is 4.98 Å². The van der Waals surface area contributed by atoms with E-state index < -0.39 is 0 Å². The number of aryl methyl sites for hydroxylation is 1. The number of imidazole rings is 1. The number of thioether (sulfide) groups is 1. The van der Waals surface area contributed by atoms with E-state index in [-0.39, 0.29) is 17.6 Å². The highest BCUT2D eigenvalue weighted by Crippen LogP contribution is 2.22. The van der Waals surface area contributed by atoms with E-state index in [1.54, 1.807) is 48.8 Å². The SMILES string of the molecule is Cn1ccnc1SCc1ccc(C(=O)Nc2cccc(C(=O)NCc3ccccn3)c2)o1. The number of pyridine rings is 1. The number of carbonyl (C=O) groups excluding carboxylic acids is 2. The van der Waals surface area contributed by atoms with Crippen LogP contribution < -0.4 is 10.6 Å². The predicted octanol–water partition coefficient (Wildman–Crippen LogP) is 3.88. The van der Waals surface area contributed by atoms with Gasteiger partial charge in [0.1, 0.15) is 5.76 Å². The van der Waals surface area contributed by atoms with Crippen LogP contribution >= 0.6 is 11.8 Å². The molecule has 0 aliphatic carbocycles. The smallest absolute Gasteiger partial charge is 0.291 e. The molecule has 4 aromatic rings. The van der Waals surface area contributed by atoms with Crippen molar-refractivity contribution in [3.63, 3.8) is 0 Å². The minimum atomic E-state index is -0.385. The van der Waals surface area contributed by atoms with Gasteiger partial charge in [0.15, 0.2) is 10.9 Å². The summed E-state index contributed by atoms with van der Waals surface area (Å²) in [5.41, 5.74) is 1.70. The van der Waals surface area contributed by atoms with E-state index >= 15 is 0 Å². The molecule has 2 N–H and O–H groups in total. The summed E-state index contributed by atoms with van der Waals surface area (Å²) in [5, 5.41) is 6.46. The van der Waals surface area contributed by atoms with Crippen LogP contribution in [0.3, 0.4) is 0 Å². The van der Waals surface area contributed by atoms with E-state index in [1.165, 1.54) is 11.8 Å². The molecule has 0 fully saturated rings. The van der Waals surface area contributed by atoms with Crippen LogP contribution in [0.2, 0.25) is 0 Å². The molecule has 0 aliphatic heterocycles. The first-order valence-electron chi connectivity index (χ1n) is 9.87. The van der Waals surface area contributed by atoms with Gasteiger partial charge in [-0.15, -0.1) is 0 Å². The molecule has 3 aromatic heterocycles.